The number of halogens is 2. The van der Waals surface area contributed by atoms with Crippen LogP contribution in [0, 0.1) is 5.92 Å². The minimum Gasteiger partial charge on any atom is -0.495 e. The zero-order valence-electron chi connectivity index (χ0n) is 17.2. The van der Waals surface area contributed by atoms with Crippen LogP contribution in [-0.2, 0) is 11.3 Å². The van der Waals surface area contributed by atoms with Crippen LogP contribution in [0.5, 0.6) is 5.75 Å². The lowest BCUT2D eigenvalue weighted by Gasteiger charge is -2.32. The monoisotopic (exact) mass is 682 g/mol. The highest BCUT2D eigenvalue weighted by atomic mass is 127. The van der Waals surface area contributed by atoms with Crippen LogP contribution in [0.3, 0.4) is 0 Å². The van der Waals surface area contributed by atoms with Gasteiger partial charge in [0.25, 0.3) is 0 Å². The molecule has 1 fully saturated rings. The van der Waals surface area contributed by atoms with Gasteiger partial charge in [0.1, 0.15) is 8.16 Å². The van der Waals surface area contributed by atoms with Crippen LogP contribution >= 0.6 is 58.1 Å². The number of pyridine rings is 1. The Kier molecular flexibility index (Phi) is 8.78. The summed E-state index contributed by atoms with van der Waals surface area (Å²) in [6, 6.07) is 12.4. The van der Waals surface area contributed by atoms with Crippen molar-refractivity contribution in [2.45, 2.75) is 44.5 Å². The van der Waals surface area contributed by atoms with Crippen molar-refractivity contribution >= 4 is 69.1 Å². The number of fused-ring (bicyclic) bond motifs is 1. The van der Waals surface area contributed by atoms with Crippen molar-refractivity contribution in [3.63, 3.8) is 0 Å². The molecule has 2 aromatic heterocycles. The zero-order chi connectivity index (χ0) is 21.8. The summed E-state index contributed by atoms with van der Waals surface area (Å²) in [6.07, 6.45) is 7.29. The Bertz CT molecular complexity index is 997. The second-order valence-electron chi connectivity index (χ2n) is 7.68. The zero-order valence-corrected chi connectivity index (χ0v) is 23.2. The highest BCUT2D eigenvalue weighted by Crippen LogP contribution is 2.65. The third-order valence-electron chi connectivity index (χ3n) is 5.85. The van der Waals surface area contributed by atoms with Crippen molar-refractivity contribution in [2.75, 3.05) is 7.11 Å². The summed E-state index contributed by atoms with van der Waals surface area (Å²) in [4.78, 5) is 4.61. The van der Waals surface area contributed by atoms with Crippen molar-refractivity contribution in [1.82, 2.24) is 8.96 Å². The molecule has 1 aliphatic carbocycles. The average Bonchev–Trinajstić information content (AvgIpc) is 3.19. The van der Waals surface area contributed by atoms with Gasteiger partial charge in [-0.15, -0.1) is 0 Å². The SMILES string of the molecule is COc1cnc2c(ccn2SP(I)I)c1C(O)C1CCC(OCc2ccccc2)CC1. The van der Waals surface area contributed by atoms with Crippen molar-refractivity contribution in [1.29, 1.82) is 0 Å². The minimum atomic E-state index is -0.572. The average molecular weight is 682 g/mol. The van der Waals surface area contributed by atoms with E-state index in [2.05, 4.69) is 71.2 Å². The Balaban J connectivity index is 1.45. The molecule has 1 unspecified atom stereocenters. The van der Waals surface area contributed by atoms with Gasteiger partial charge in [0.15, 0.2) is 5.65 Å². The summed E-state index contributed by atoms with van der Waals surface area (Å²) in [6.45, 7) is 0.652. The number of aromatic nitrogens is 2. The van der Waals surface area contributed by atoms with Crippen LogP contribution < -0.4 is 4.74 Å². The largest absolute Gasteiger partial charge is 0.495 e. The molecule has 1 aromatic carbocycles. The van der Waals surface area contributed by atoms with E-state index in [1.54, 1.807) is 24.9 Å². The Hall–Kier alpha value is -0.130. The second-order valence-corrected chi connectivity index (χ2v) is 25.5. The molecule has 4 rings (SSSR count). The number of hydrogen-bond donors (Lipinski definition) is 1. The standard InChI is InChI=1S/C22H25I2N2O3PS/c1-28-19-13-25-22-18(11-12-26(22)31-30(23)24)20(19)21(27)16-7-9-17(10-8-16)29-14-15-5-3-2-4-6-15/h2-6,11-13,16-17,21,27H,7-10,14H2,1H3. The molecule has 0 spiro atoms. The number of rotatable bonds is 8. The number of benzene rings is 1. The van der Waals surface area contributed by atoms with E-state index in [-0.39, 0.29) is 14.4 Å². The van der Waals surface area contributed by atoms with Gasteiger partial charge >= 0.3 is 0 Å². The van der Waals surface area contributed by atoms with Crippen LogP contribution in [0.25, 0.3) is 11.0 Å². The van der Waals surface area contributed by atoms with Gasteiger partial charge in [-0.1, -0.05) is 30.3 Å². The van der Waals surface area contributed by atoms with Crippen LogP contribution in [0.15, 0.2) is 48.8 Å². The number of aliphatic hydroxyl groups is 1. The maximum Gasteiger partial charge on any atom is 0.150 e. The molecule has 1 N–H and O–H groups in total. The fraction of sp³-hybridized carbons (Fsp3) is 0.409. The molecule has 3 aromatic rings. The van der Waals surface area contributed by atoms with Crippen LogP contribution in [0.1, 0.15) is 42.9 Å². The molecule has 1 saturated carbocycles. The van der Waals surface area contributed by atoms with Gasteiger partial charge in [-0.3, -0.25) is 3.97 Å². The van der Waals surface area contributed by atoms with Crippen LogP contribution in [0.2, 0.25) is 0 Å². The molecule has 5 nitrogen and oxygen atoms in total. The number of nitrogens with zero attached hydrogens (tertiary/aromatic N) is 2. The summed E-state index contributed by atoms with van der Waals surface area (Å²) in [5.74, 6) is 0.856. The molecule has 0 amide bonds. The first-order valence-electron chi connectivity index (χ1n) is 10.2. The van der Waals surface area contributed by atoms with Gasteiger partial charge in [0.05, 0.1) is 32.1 Å². The Morgan fingerprint density at radius 3 is 2.61 bits per heavy atom. The maximum atomic E-state index is 11.4. The lowest BCUT2D eigenvalue weighted by atomic mass is 9.81. The first-order chi connectivity index (χ1) is 15.1. The highest BCUT2D eigenvalue weighted by molar-refractivity contribution is 14.3. The van der Waals surface area contributed by atoms with Crippen molar-refractivity contribution in [2.24, 2.45) is 5.92 Å². The summed E-state index contributed by atoms with van der Waals surface area (Å²) in [7, 11) is 1.65. The van der Waals surface area contributed by atoms with E-state index in [4.69, 9.17) is 9.47 Å². The quantitative estimate of drug-likeness (QED) is 0.198. The van der Waals surface area contributed by atoms with Gasteiger partial charge in [0, 0.05) is 28.7 Å². The number of methoxy groups -OCH3 is 1. The van der Waals surface area contributed by atoms with E-state index in [1.807, 2.05) is 24.4 Å². The lowest BCUT2D eigenvalue weighted by molar-refractivity contribution is -0.0136. The van der Waals surface area contributed by atoms with E-state index < -0.39 is 6.10 Å². The van der Waals surface area contributed by atoms with E-state index in [1.165, 1.54) is 5.56 Å². The first kappa shape index (κ1) is 24.0. The first-order valence-corrected chi connectivity index (χ1v) is 18.5. The van der Waals surface area contributed by atoms with Gasteiger partial charge in [-0.2, -0.15) is 0 Å². The van der Waals surface area contributed by atoms with E-state index in [0.717, 1.165) is 42.3 Å². The molecular formula is C22H25I2N2O3PS. The smallest absolute Gasteiger partial charge is 0.150 e. The fourth-order valence-electron chi connectivity index (χ4n) is 4.26. The Morgan fingerprint density at radius 1 is 1.19 bits per heavy atom. The van der Waals surface area contributed by atoms with Gasteiger partial charge in [-0.05, 0) is 87.3 Å². The predicted molar refractivity (Wildman–Crippen MR) is 146 cm³/mol. The topological polar surface area (TPSA) is 56.5 Å². The molecule has 166 valence electrons. The number of hydrogen-bond acceptors (Lipinski definition) is 5. The maximum absolute atomic E-state index is 11.4. The molecule has 0 bridgehead atoms. The normalized spacial score (nSPS) is 20.3. The Labute approximate surface area is 214 Å². The van der Waals surface area contributed by atoms with E-state index >= 15 is 0 Å². The van der Waals surface area contributed by atoms with E-state index in [9.17, 15) is 5.11 Å². The molecule has 2 heterocycles. The van der Waals surface area contributed by atoms with Crippen molar-refractivity contribution in [3.05, 3.63) is 59.9 Å². The van der Waals surface area contributed by atoms with Crippen LogP contribution in [0.4, 0.5) is 0 Å². The summed E-state index contributed by atoms with van der Waals surface area (Å²) in [5, 5.41) is 12.4. The molecule has 0 aliphatic heterocycles. The summed E-state index contributed by atoms with van der Waals surface area (Å²) >= 11 is 6.64. The summed E-state index contributed by atoms with van der Waals surface area (Å²) < 4.78 is 13.6. The van der Waals surface area contributed by atoms with Gasteiger partial charge in [0.2, 0.25) is 0 Å². The van der Waals surface area contributed by atoms with Crippen molar-refractivity contribution < 1.29 is 14.6 Å². The van der Waals surface area contributed by atoms with Crippen molar-refractivity contribution in [3.8, 4) is 5.75 Å². The number of aliphatic hydroxyl groups excluding tert-OH is 1. The molecule has 0 saturated heterocycles. The fourth-order valence-corrected chi connectivity index (χ4v) is 8.94. The number of ether oxygens (including phenoxy) is 2. The third kappa shape index (κ3) is 5.87. The van der Waals surface area contributed by atoms with E-state index in [0.29, 0.717) is 12.4 Å². The molecule has 0 radical (unpaired) electrons. The highest BCUT2D eigenvalue weighted by Gasteiger charge is 2.31. The lowest BCUT2D eigenvalue weighted by Crippen LogP contribution is -2.25. The van der Waals surface area contributed by atoms with Crippen LogP contribution in [-0.4, -0.2) is 27.3 Å². The predicted octanol–water partition coefficient (Wildman–Crippen LogP) is 7.45. The molecular weight excluding hydrogens is 657 g/mol. The molecule has 1 atom stereocenters. The molecule has 31 heavy (non-hydrogen) atoms. The third-order valence-corrected chi connectivity index (χ3v) is 10.5. The molecule has 9 heteroatoms. The van der Waals surface area contributed by atoms with Gasteiger partial charge in [-0.25, -0.2) is 4.98 Å². The minimum absolute atomic E-state index is 0.193. The van der Waals surface area contributed by atoms with Gasteiger partial charge < -0.3 is 14.6 Å². The summed E-state index contributed by atoms with van der Waals surface area (Å²) in [5.41, 5.74) is 2.96. The Morgan fingerprint density at radius 2 is 1.94 bits per heavy atom. The second kappa shape index (κ2) is 11.3. The molecule has 1 aliphatic rings.